The SMILES string of the molecule is CC(=O)Nc1ccc(OC[C@H](O)Cn2cnc3cc(F)ccc3c2=O)cc1. The number of halogens is 1. The number of anilines is 1. The number of nitrogens with one attached hydrogen (secondary N) is 1. The number of rotatable bonds is 6. The van der Waals surface area contributed by atoms with E-state index in [0.29, 0.717) is 11.4 Å². The molecule has 1 amide bonds. The van der Waals surface area contributed by atoms with Crippen LogP contribution < -0.4 is 15.6 Å². The van der Waals surface area contributed by atoms with E-state index in [1.54, 1.807) is 24.3 Å². The number of hydrogen-bond acceptors (Lipinski definition) is 5. The molecular formula is C19H18FN3O4. The molecule has 2 N–H and O–H groups in total. The fourth-order valence-corrected chi connectivity index (χ4v) is 2.57. The van der Waals surface area contributed by atoms with Crippen LogP contribution in [0.3, 0.4) is 0 Å². The molecule has 140 valence electrons. The lowest BCUT2D eigenvalue weighted by molar-refractivity contribution is -0.114. The topological polar surface area (TPSA) is 93.4 Å². The maximum absolute atomic E-state index is 13.2. The molecule has 0 saturated heterocycles. The maximum atomic E-state index is 13.2. The number of aliphatic hydroxyl groups excluding tert-OH is 1. The summed E-state index contributed by atoms with van der Waals surface area (Å²) in [6, 6.07) is 10.4. The van der Waals surface area contributed by atoms with E-state index < -0.39 is 11.9 Å². The Bertz CT molecular complexity index is 1020. The zero-order chi connectivity index (χ0) is 19.4. The summed E-state index contributed by atoms with van der Waals surface area (Å²) in [6.45, 7) is 1.37. The average molecular weight is 371 g/mol. The highest BCUT2D eigenvalue weighted by atomic mass is 19.1. The Balaban J connectivity index is 1.62. The smallest absolute Gasteiger partial charge is 0.261 e. The minimum Gasteiger partial charge on any atom is -0.491 e. The van der Waals surface area contributed by atoms with E-state index >= 15 is 0 Å². The molecule has 8 heteroatoms. The number of hydrogen-bond donors (Lipinski definition) is 2. The molecule has 7 nitrogen and oxygen atoms in total. The van der Waals surface area contributed by atoms with Crippen LogP contribution in [0.2, 0.25) is 0 Å². The molecule has 1 aromatic heterocycles. The van der Waals surface area contributed by atoms with Crippen molar-refractivity contribution in [3.63, 3.8) is 0 Å². The quantitative estimate of drug-likeness (QED) is 0.691. The number of fused-ring (bicyclic) bond motifs is 1. The summed E-state index contributed by atoms with van der Waals surface area (Å²) in [4.78, 5) is 27.4. The lowest BCUT2D eigenvalue weighted by atomic mass is 10.2. The Kier molecular flexibility index (Phi) is 5.46. The summed E-state index contributed by atoms with van der Waals surface area (Å²) in [5, 5.41) is 13.1. The standard InChI is InChI=1S/C19H18FN3O4/c1-12(24)22-14-3-5-16(6-4-14)27-10-15(25)9-23-11-21-18-8-13(20)2-7-17(18)19(23)26/h2-8,11,15,25H,9-10H2,1H3,(H,22,24)/t15-/m1/s1. The van der Waals surface area contributed by atoms with Gasteiger partial charge in [-0.05, 0) is 36.4 Å². The fraction of sp³-hybridized carbons (Fsp3) is 0.211. The second-order valence-corrected chi connectivity index (χ2v) is 6.03. The van der Waals surface area contributed by atoms with Gasteiger partial charge in [-0.2, -0.15) is 0 Å². The van der Waals surface area contributed by atoms with Crippen molar-refractivity contribution in [1.82, 2.24) is 9.55 Å². The minimum atomic E-state index is -0.947. The van der Waals surface area contributed by atoms with Gasteiger partial charge in [-0.3, -0.25) is 14.2 Å². The molecule has 0 radical (unpaired) electrons. The van der Waals surface area contributed by atoms with Crippen LogP contribution in [0.15, 0.2) is 53.6 Å². The van der Waals surface area contributed by atoms with Crippen molar-refractivity contribution in [2.45, 2.75) is 19.6 Å². The molecule has 1 atom stereocenters. The van der Waals surface area contributed by atoms with E-state index in [9.17, 15) is 19.1 Å². The normalized spacial score (nSPS) is 12.0. The number of benzene rings is 2. The highest BCUT2D eigenvalue weighted by Gasteiger charge is 2.11. The third-order valence-electron chi connectivity index (χ3n) is 3.81. The van der Waals surface area contributed by atoms with Crippen molar-refractivity contribution in [1.29, 1.82) is 0 Å². The van der Waals surface area contributed by atoms with Crippen LogP contribution in [0.1, 0.15) is 6.92 Å². The molecule has 0 fully saturated rings. The Morgan fingerprint density at radius 3 is 2.74 bits per heavy atom. The van der Waals surface area contributed by atoms with Crippen molar-refractivity contribution in [3.8, 4) is 5.75 Å². The predicted octanol–water partition coefficient (Wildman–Crippen LogP) is 1.93. The molecule has 0 aliphatic heterocycles. The second-order valence-electron chi connectivity index (χ2n) is 6.03. The number of aromatic nitrogens is 2. The van der Waals surface area contributed by atoms with Gasteiger partial charge >= 0.3 is 0 Å². The Morgan fingerprint density at radius 2 is 2.04 bits per heavy atom. The largest absolute Gasteiger partial charge is 0.491 e. The lowest BCUT2D eigenvalue weighted by Crippen LogP contribution is -2.30. The molecule has 0 unspecified atom stereocenters. The molecule has 3 rings (SSSR count). The fourth-order valence-electron chi connectivity index (χ4n) is 2.57. The number of aliphatic hydroxyl groups is 1. The van der Waals surface area contributed by atoms with Crippen molar-refractivity contribution in [3.05, 3.63) is 65.0 Å². The molecule has 0 saturated carbocycles. The second kappa shape index (κ2) is 7.96. The molecule has 0 spiro atoms. The van der Waals surface area contributed by atoms with E-state index in [4.69, 9.17) is 4.74 Å². The third kappa shape index (κ3) is 4.68. The van der Waals surface area contributed by atoms with E-state index in [1.165, 1.54) is 36.0 Å². The van der Waals surface area contributed by atoms with E-state index in [2.05, 4.69) is 10.3 Å². The molecule has 0 aliphatic rings. The number of ether oxygens (including phenoxy) is 1. The summed E-state index contributed by atoms with van der Waals surface area (Å²) in [7, 11) is 0. The van der Waals surface area contributed by atoms with Crippen molar-refractivity contribution >= 4 is 22.5 Å². The van der Waals surface area contributed by atoms with Gasteiger partial charge in [0.2, 0.25) is 5.91 Å². The van der Waals surface area contributed by atoms with Crippen LogP contribution in [-0.2, 0) is 11.3 Å². The predicted molar refractivity (Wildman–Crippen MR) is 98.2 cm³/mol. The Hall–Kier alpha value is -3.26. The van der Waals surface area contributed by atoms with E-state index in [0.717, 1.165) is 0 Å². The van der Waals surface area contributed by atoms with E-state index in [-0.39, 0.29) is 35.5 Å². The van der Waals surface area contributed by atoms with E-state index in [1.807, 2.05) is 0 Å². The number of carbonyl (C=O) groups is 1. The molecule has 27 heavy (non-hydrogen) atoms. The minimum absolute atomic E-state index is 0.0108. The Labute approximate surface area is 154 Å². The summed E-state index contributed by atoms with van der Waals surface area (Å²) in [5.41, 5.74) is 0.542. The van der Waals surface area contributed by atoms with Crippen LogP contribution in [0.4, 0.5) is 10.1 Å². The molecular weight excluding hydrogens is 353 g/mol. The maximum Gasteiger partial charge on any atom is 0.261 e. The summed E-state index contributed by atoms with van der Waals surface area (Å²) in [5.74, 6) is -0.121. The van der Waals surface area contributed by atoms with Crippen LogP contribution >= 0.6 is 0 Å². The number of nitrogens with zero attached hydrogens (tertiary/aromatic N) is 2. The van der Waals surface area contributed by atoms with Crippen molar-refractivity contribution in [2.24, 2.45) is 0 Å². The first-order valence-corrected chi connectivity index (χ1v) is 8.25. The van der Waals surface area contributed by atoms with Gasteiger partial charge in [0, 0.05) is 18.7 Å². The molecule has 0 bridgehead atoms. The number of amides is 1. The third-order valence-corrected chi connectivity index (χ3v) is 3.81. The first-order valence-electron chi connectivity index (χ1n) is 8.25. The number of carbonyl (C=O) groups excluding carboxylic acids is 1. The van der Waals surface area contributed by atoms with Crippen LogP contribution in [-0.4, -0.2) is 33.3 Å². The molecule has 0 aliphatic carbocycles. The monoisotopic (exact) mass is 371 g/mol. The van der Waals surface area contributed by atoms with Gasteiger partial charge in [-0.15, -0.1) is 0 Å². The zero-order valence-corrected chi connectivity index (χ0v) is 14.6. The average Bonchev–Trinajstić information content (AvgIpc) is 2.63. The first-order chi connectivity index (χ1) is 12.9. The van der Waals surface area contributed by atoms with Crippen molar-refractivity contribution < 1.29 is 19.0 Å². The van der Waals surface area contributed by atoms with Gasteiger partial charge in [0.1, 0.15) is 24.3 Å². The van der Waals surface area contributed by atoms with Crippen LogP contribution in [0.25, 0.3) is 10.9 Å². The van der Waals surface area contributed by atoms with Gasteiger partial charge in [0.25, 0.3) is 5.56 Å². The van der Waals surface area contributed by atoms with Crippen LogP contribution in [0, 0.1) is 5.82 Å². The van der Waals surface area contributed by atoms with Gasteiger partial charge in [-0.25, -0.2) is 9.37 Å². The zero-order valence-electron chi connectivity index (χ0n) is 14.6. The highest BCUT2D eigenvalue weighted by Crippen LogP contribution is 2.16. The summed E-state index contributed by atoms with van der Waals surface area (Å²) in [6.07, 6.45) is 0.327. The van der Waals surface area contributed by atoms with Crippen LogP contribution in [0.5, 0.6) is 5.75 Å². The van der Waals surface area contributed by atoms with Gasteiger partial charge < -0.3 is 15.2 Å². The molecule has 2 aromatic carbocycles. The lowest BCUT2D eigenvalue weighted by Gasteiger charge is -2.14. The van der Waals surface area contributed by atoms with Gasteiger partial charge in [-0.1, -0.05) is 0 Å². The van der Waals surface area contributed by atoms with Crippen molar-refractivity contribution in [2.75, 3.05) is 11.9 Å². The van der Waals surface area contributed by atoms with Gasteiger partial charge in [0.15, 0.2) is 0 Å². The van der Waals surface area contributed by atoms with Gasteiger partial charge in [0.05, 0.1) is 23.8 Å². The molecule has 3 aromatic rings. The highest BCUT2D eigenvalue weighted by molar-refractivity contribution is 5.88. The first kappa shape index (κ1) is 18.5. The summed E-state index contributed by atoms with van der Waals surface area (Å²) < 4.78 is 20.0. The molecule has 1 heterocycles. The Morgan fingerprint density at radius 1 is 1.30 bits per heavy atom. The summed E-state index contributed by atoms with van der Waals surface area (Å²) >= 11 is 0.